The highest BCUT2D eigenvalue weighted by Gasteiger charge is 2.45. The molecule has 5 unspecified atom stereocenters. The number of hydrogen-bond acceptors (Lipinski definition) is 9. The Hall–Kier alpha value is -1.49. The van der Waals surface area contributed by atoms with Crippen LogP contribution in [0, 0.1) is 0 Å². The minimum Gasteiger partial charge on any atom is -0.493 e. The smallest absolute Gasteiger partial charge is 0.261 e. The normalized spacial score (nSPS) is 35.6. The van der Waals surface area contributed by atoms with E-state index in [0.717, 1.165) is 0 Å². The molecule has 130 valence electrons. The zero-order valence-electron chi connectivity index (χ0n) is 12.7. The summed E-state index contributed by atoms with van der Waals surface area (Å²) in [5.41, 5.74) is 0. The number of aliphatic hydroxyl groups excluding tert-OH is 4. The van der Waals surface area contributed by atoms with E-state index >= 15 is 0 Å². The van der Waals surface area contributed by atoms with Gasteiger partial charge < -0.3 is 39.4 Å². The second-order valence-corrected chi connectivity index (χ2v) is 5.10. The Balaban J connectivity index is 2.15. The zero-order chi connectivity index (χ0) is 17.1. The Morgan fingerprint density at radius 1 is 1.04 bits per heavy atom. The molecule has 0 radical (unpaired) electrons. The average Bonchev–Trinajstić information content (AvgIpc) is 2.56. The van der Waals surface area contributed by atoms with Crippen molar-refractivity contribution < 1.29 is 44.2 Å². The fourth-order valence-corrected chi connectivity index (χ4v) is 2.35. The van der Waals surface area contributed by atoms with E-state index in [1.165, 1.54) is 26.4 Å². The van der Waals surface area contributed by atoms with Gasteiger partial charge in [-0.2, -0.15) is 0 Å². The summed E-state index contributed by atoms with van der Waals surface area (Å²) in [5.74, 6) is -0.457. The number of aliphatic hydroxyl groups is 4. The largest absolute Gasteiger partial charge is 0.493 e. The second kappa shape index (κ2) is 7.39. The lowest BCUT2D eigenvalue weighted by molar-refractivity contribution is -0.304. The summed E-state index contributed by atoms with van der Waals surface area (Å²) < 4.78 is 20.6. The number of methoxy groups -OCH3 is 2. The molecule has 1 aliphatic carbocycles. The van der Waals surface area contributed by atoms with Crippen LogP contribution in [0.3, 0.4) is 0 Å². The molecular formula is C14H20O9. The Bertz CT molecular complexity index is 474. The highest BCUT2D eigenvalue weighted by atomic mass is 16.7. The number of hydrogen-bond donors (Lipinski definition) is 4. The number of carbonyl (C=O) groups excluding carboxylic acids is 1. The zero-order valence-corrected chi connectivity index (χ0v) is 12.7. The van der Waals surface area contributed by atoms with Gasteiger partial charge in [-0.3, -0.25) is 4.79 Å². The summed E-state index contributed by atoms with van der Waals surface area (Å²) in [6.07, 6.45) is -5.10. The van der Waals surface area contributed by atoms with Crippen LogP contribution in [-0.4, -0.2) is 83.8 Å². The second-order valence-electron chi connectivity index (χ2n) is 5.10. The minimum absolute atomic E-state index is 0.000981. The third-order valence-electron chi connectivity index (χ3n) is 3.66. The van der Waals surface area contributed by atoms with Crippen molar-refractivity contribution in [1.82, 2.24) is 0 Å². The van der Waals surface area contributed by atoms with E-state index in [1.54, 1.807) is 0 Å². The average molecular weight is 332 g/mol. The van der Waals surface area contributed by atoms with Crippen LogP contribution in [0.5, 0.6) is 0 Å². The Kier molecular flexibility index (Phi) is 5.74. The highest BCUT2D eigenvalue weighted by molar-refractivity contribution is 6.06. The molecule has 2 rings (SSSR count). The van der Waals surface area contributed by atoms with Gasteiger partial charge in [0.15, 0.2) is 17.8 Å². The molecule has 1 heterocycles. The van der Waals surface area contributed by atoms with E-state index in [0.29, 0.717) is 0 Å². The highest BCUT2D eigenvalue weighted by Crippen LogP contribution is 2.26. The van der Waals surface area contributed by atoms with Gasteiger partial charge in [0.2, 0.25) is 0 Å². The molecule has 4 N–H and O–H groups in total. The molecule has 0 amide bonds. The van der Waals surface area contributed by atoms with Crippen molar-refractivity contribution in [2.75, 3.05) is 20.8 Å². The van der Waals surface area contributed by atoms with E-state index in [1.807, 2.05) is 0 Å². The first-order chi connectivity index (χ1) is 10.9. The first-order valence-electron chi connectivity index (χ1n) is 6.95. The predicted octanol–water partition coefficient (Wildman–Crippen LogP) is -2.19. The maximum Gasteiger partial charge on any atom is 0.261 e. The topological polar surface area (TPSA) is 135 Å². The van der Waals surface area contributed by atoms with Crippen molar-refractivity contribution in [3.8, 4) is 0 Å². The fraction of sp³-hybridized carbons (Fsp3) is 0.643. The molecule has 5 atom stereocenters. The summed E-state index contributed by atoms with van der Waals surface area (Å²) in [6.45, 7) is -0.563. The molecule has 1 aliphatic heterocycles. The van der Waals surface area contributed by atoms with Crippen LogP contribution in [0.2, 0.25) is 0 Å². The third kappa shape index (κ3) is 3.55. The van der Waals surface area contributed by atoms with Crippen LogP contribution in [0.25, 0.3) is 0 Å². The quantitative estimate of drug-likeness (QED) is 0.443. The molecule has 0 aromatic heterocycles. The van der Waals surface area contributed by atoms with Gasteiger partial charge in [-0.05, 0) is 12.2 Å². The number of ether oxygens (including phenoxy) is 4. The fourth-order valence-electron chi connectivity index (χ4n) is 2.35. The van der Waals surface area contributed by atoms with E-state index in [2.05, 4.69) is 0 Å². The molecule has 1 saturated heterocycles. The van der Waals surface area contributed by atoms with Crippen molar-refractivity contribution in [3.63, 3.8) is 0 Å². The van der Waals surface area contributed by atoms with Crippen LogP contribution in [-0.2, 0) is 23.7 Å². The van der Waals surface area contributed by atoms with E-state index < -0.39 is 49.2 Å². The predicted molar refractivity (Wildman–Crippen MR) is 73.8 cm³/mol. The van der Waals surface area contributed by atoms with Crippen molar-refractivity contribution in [3.05, 3.63) is 23.7 Å². The maximum atomic E-state index is 11.9. The summed E-state index contributed by atoms with van der Waals surface area (Å²) >= 11 is 0. The summed E-state index contributed by atoms with van der Waals surface area (Å²) in [5, 5.41) is 38.5. The van der Waals surface area contributed by atoms with Crippen molar-refractivity contribution in [2.45, 2.75) is 36.8 Å². The SMILES string of the molecule is COC1=CC(OC2OC(CO)C(O)C(O)C2O)C=C(OC)C1=O. The van der Waals surface area contributed by atoms with Crippen molar-refractivity contribution >= 4 is 5.78 Å². The molecular weight excluding hydrogens is 312 g/mol. The molecule has 2 aliphatic rings. The van der Waals surface area contributed by atoms with Crippen LogP contribution in [0.4, 0.5) is 0 Å². The molecule has 0 aromatic carbocycles. The van der Waals surface area contributed by atoms with Gasteiger partial charge in [-0.15, -0.1) is 0 Å². The Morgan fingerprint density at radius 3 is 2.09 bits per heavy atom. The van der Waals surface area contributed by atoms with Gasteiger partial charge in [0.25, 0.3) is 5.78 Å². The number of Topliss-reactive ketones (excluding diaryl/α,β-unsaturated/α-hetero) is 1. The van der Waals surface area contributed by atoms with Crippen molar-refractivity contribution in [1.29, 1.82) is 0 Å². The minimum atomic E-state index is -1.55. The molecule has 0 aromatic rings. The molecule has 23 heavy (non-hydrogen) atoms. The van der Waals surface area contributed by atoms with E-state index in [4.69, 9.17) is 24.1 Å². The van der Waals surface area contributed by atoms with Crippen LogP contribution in [0.1, 0.15) is 0 Å². The van der Waals surface area contributed by atoms with Gasteiger partial charge in [0, 0.05) is 0 Å². The van der Waals surface area contributed by atoms with E-state index in [-0.39, 0.29) is 11.5 Å². The summed E-state index contributed by atoms with van der Waals surface area (Å²) in [6, 6.07) is 0. The summed E-state index contributed by atoms with van der Waals surface area (Å²) in [7, 11) is 2.63. The first-order valence-corrected chi connectivity index (χ1v) is 6.95. The molecule has 0 spiro atoms. The molecule has 9 heteroatoms. The first kappa shape index (κ1) is 17.9. The molecule has 1 fully saturated rings. The number of rotatable bonds is 5. The van der Waals surface area contributed by atoms with Gasteiger partial charge in [0.05, 0.1) is 20.8 Å². The third-order valence-corrected chi connectivity index (χ3v) is 3.66. The van der Waals surface area contributed by atoms with Crippen LogP contribution < -0.4 is 0 Å². The number of ketones is 1. The number of carbonyl (C=O) groups is 1. The lowest BCUT2D eigenvalue weighted by atomic mass is 9.99. The maximum absolute atomic E-state index is 11.9. The Labute approximate surface area is 132 Å². The summed E-state index contributed by atoms with van der Waals surface area (Å²) in [4.78, 5) is 11.9. The lowest BCUT2D eigenvalue weighted by Crippen LogP contribution is -2.59. The van der Waals surface area contributed by atoms with Crippen LogP contribution in [0.15, 0.2) is 23.7 Å². The van der Waals surface area contributed by atoms with Gasteiger partial charge in [-0.1, -0.05) is 0 Å². The standard InChI is InChI=1S/C14H20O9/c1-20-7-3-6(4-8(21-2)10(7)16)22-14-13(19)12(18)11(17)9(5-15)23-14/h3-4,6,9,11-15,17-19H,5H2,1-2H3. The monoisotopic (exact) mass is 332 g/mol. The molecule has 0 bridgehead atoms. The van der Waals surface area contributed by atoms with Gasteiger partial charge in [0.1, 0.15) is 30.5 Å². The van der Waals surface area contributed by atoms with Crippen molar-refractivity contribution in [2.24, 2.45) is 0 Å². The van der Waals surface area contributed by atoms with E-state index in [9.17, 15) is 20.1 Å². The lowest BCUT2D eigenvalue weighted by Gasteiger charge is -2.40. The Morgan fingerprint density at radius 2 is 1.61 bits per heavy atom. The van der Waals surface area contributed by atoms with Gasteiger partial charge in [-0.25, -0.2) is 0 Å². The molecule has 9 nitrogen and oxygen atoms in total. The molecule has 0 saturated carbocycles. The van der Waals surface area contributed by atoms with Crippen LogP contribution >= 0.6 is 0 Å². The van der Waals surface area contributed by atoms with Gasteiger partial charge >= 0.3 is 0 Å².